The molecule has 0 radical (unpaired) electrons. The number of methoxy groups -OCH3 is 1. The van der Waals surface area contributed by atoms with Crippen LogP contribution in [0.15, 0.2) is 53.4 Å². The van der Waals surface area contributed by atoms with Gasteiger partial charge >= 0.3 is 5.97 Å². The fraction of sp³-hybridized carbons (Fsp3) is 0.364. The van der Waals surface area contributed by atoms with Crippen LogP contribution >= 0.6 is 0 Å². The lowest BCUT2D eigenvalue weighted by atomic mass is 9.98. The van der Waals surface area contributed by atoms with Crippen LogP contribution in [0.3, 0.4) is 0 Å². The fourth-order valence-corrected chi connectivity index (χ4v) is 5.01. The molecule has 1 aliphatic rings. The van der Waals surface area contributed by atoms with Gasteiger partial charge in [-0.05, 0) is 56.2 Å². The minimum Gasteiger partial charge on any atom is -0.497 e. The van der Waals surface area contributed by atoms with Crippen LogP contribution in [0.2, 0.25) is 0 Å². The molecule has 0 aliphatic carbocycles. The van der Waals surface area contributed by atoms with Crippen LogP contribution in [0.4, 0.5) is 5.69 Å². The number of ether oxygens (including phenoxy) is 2. The maximum atomic E-state index is 13.0. The van der Waals surface area contributed by atoms with Crippen molar-refractivity contribution in [1.82, 2.24) is 4.31 Å². The van der Waals surface area contributed by atoms with E-state index in [1.165, 1.54) is 23.5 Å². The van der Waals surface area contributed by atoms with Crippen LogP contribution in [0, 0.1) is 5.92 Å². The lowest BCUT2D eigenvalue weighted by Crippen LogP contribution is -2.43. The van der Waals surface area contributed by atoms with Crippen LogP contribution in [0.1, 0.15) is 30.1 Å². The number of hydrogen-bond acceptors (Lipinski definition) is 6. The molecule has 8 nitrogen and oxygen atoms in total. The number of nitrogens with zero attached hydrogens (tertiary/aromatic N) is 1. The Morgan fingerprint density at radius 3 is 2.52 bits per heavy atom. The van der Waals surface area contributed by atoms with Crippen molar-refractivity contribution < 1.29 is 27.5 Å². The topological polar surface area (TPSA) is 102 Å². The van der Waals surface area contributed by atoms with Crippen molar-refractivity contribution in [3.63, 3.8) is 0 Å². The number of sulfonamides is 1. The highest BCUT2D eigenvalue weighted by Gasteiger charge is 2.33. The second-order valence-corrected chi connectivity index (χ2v) is 9.07. The third kappa shape index (κ3) is 5.23. The monoisotopic (exact) mass is 446 g/mol. The van der Waals surface area contributed by atoms with Gasteiger partial charge in [-0.3, -0.25) is 4.79 Å². The van der Waals surface area contributed by atoms with Gasteiger partial charge in [-0.2, -0.15) is 4.31 Å². The van der Waals surface area contributed by atoms with Crippen molar-refractivity contribution in [2.75, 3.05) is 32.1 Å². The third-order valence-corrected chi connectivity index (χ3v) is 7.01. The summed E-state index contributed by atoms with van der Waals surface area (Å²) in [6.45, 7) is 2.35. The number of carbonyl (C=O) groups excluding carboxylic acids is 2. The zero-order valence-corrected chi connectivity index (χ0v) is 18.4. The Balaban J connectivity index is 1.73. The molecule has 0 spiro atoms. The van der Waals surface area contributed by atoms with Gasteiger partial charge in [0.15, 0.2) is 0 Å². The third-order valence-electron chi connectivity index (χ3n) is 5.13. The molecule has 1 atom stereocenters. The van der Waals surface area contributed by atoms with Crippen LogP contribution in [0.5, 0.6) is 5.75 Å². The quantitative estimate of drug-likeness (QED) is 0.656. The lowest BCUT2D eigenvalue weighted by Gasteiger charge is -2.31. The van der Waals surface area contributed by atoms with Gasteiger partial charge in [0.05, 0.1) is 35.8 Å². The molecule has 9 heteroatoms. The molecular weight excluding hydrogens is 420 g/mol. The van der Waals surface area contributed by atoms with Gasteiger partial charge in [-0.1, -0.05) is 12.1 Å². The van der Waals surface area contributed by atoms with Gasteiger partial charge in [0, 0.05) is 13.1 Å². The number of benzene rings is 2. The second kappa shape index (κ2) is 9.93. The average molecular weight is 447 g/mol. The Hall–Kier alpha value is -2.91. The number of esters is 1. The van der Waals surface area contributed by atoms with E-state index in [0.717, 1.165) is 0 Å². The number of rotatable bonds is 7. The van der Waals surface area contributed by atoms with E-state index in [2.05, 4.69) is 5.32 Å². The standard InChI is InChI=1S/C22H26N2O6S/c1-3-30-22(26)19-8-4-5-9-20(19)23-21(25)16-7-6-14-24(15-16)31(27,28)18-12-10-17(29-2)11-13-18/h4-5,8-13,16H,3,6-7,14-15H2,1-2H3,(H,23,25)/t16-/m1/s1. The van der Waals surface area contributed by atoms with E-state index in [-0.39, 0.29) is 29.5 Å². The summed E-state index contributed by atoms with van der Waals surface area (Å²) >= 11 is 0. The molecule has 31 heavy (non-hydrogen) atoms. The Labute approximate surface area is 182 Å². The molecule has 3 rings (SSSR count). The lowest BCUT2D eigenvalue weighted by molar-refractivity contribution is -0.120. The first kappa shape index (κ1) is 22.8. The zero-order chi connectivity index (χ0) is 22.4. The molecule has 1 amide bonds. The maximum absolute atomic E-state index is 13.0. The molecule has 2 aromatic rings. The summed E-state index contributed by atoms with van der Waals surface area (Å²) < 4.78 is 37.5. The fourth-order valence-electron chi connectivity index (χ4n) is 3.49. The second-order valence-electron chi connectivity index (χ2n) is 7.13. The molecule has 0 unspecified atom stereocenters. The van der Waals surface area contributed by atoms with Gasteiger partial charge in [-0.15, -0.1) is 0 Å². The van der Waals surface area contributed by atoms with Gasteiger partial charge < -0.3 is 14.8 Å². The zero-order valence-electron chi connectivity index (χ0n) is 17.5. The molecule has 1 saturated heterocycles. The minimum atomic E-state index is -3.73. The van der Waals surface area contributed by atoms with Crippen molar-refractivity contribution in [3.05, 3.63) is 54.1 Å². The van der Waals surface area contributed by atoms with Gasteiger partial charge in [0.25, 0.3) is 0 Å². The Morgan fingerprint density at radius 2 is 1.84 bits per heavy atom. The summed E-state index contributed by atoms with van der Waals surface area (Å²) in [5.41, 5.74) is 0.609. The Kier molecular flexibility index (Phi) is 7.29. The van der Waals surface area contributed by atoms with Crippen LogP contribution in [-0.4, -0.2) is 51.4 Å². The van der Waals surface area contributed by atoms with E-state index in [1.807, 2.05) is 0 Å². The van der Waals surface area contributed by atoms with E-state index < -0.39 is 21.9 Å². The van der Waals surface area contributed by atoms with E-state index in [1.54, 1.807) is 43.3 Å². The summed E-state index contributed by atoms with van der Waals surface area (Å²) in [7, 11) is -2.22. The van der Waals surface area contributed by atoms with Gasteiger partial charge in [0.1, 0.15) is 5.75 Å². The van der Waals surface area contributed by atoms with Crippen molar-refractivity contribution in [2.24, 2.45) is 5.92 Å². The highest BCUT2D eigenvalue weighted by atomic mass is 32.2. The van der Waals surface area contributed by atoms with Crippen molar-refractivity contribution in [2.45, 2.75) is 24.7 Å². The molecule has 2 aromatic carbocycles. The molecule has 0 aromatic heterocycles. The average Bonchev–Trinajstić information content (AvgIpc) is 2.79. The van der Waals surface area contributed by atoms with Crippen molar-refractivity contribution >= 4 is 27.6 Å². The largest absolute Gasteiger partial charge is 0.497 e. The number of nitrogens with one attached hydrogen (secondary N) is 1. The molecule has 0 bridgehead atoms. The summed E-state index contributed by atoms with van der Waals surface area (Å²) in [5.74, 6) is -0.815. The van der Waals surface area contributed by atoms with Gasteiger partial charge in [-0.25, -0.2) is 13.2 Å². The first-order valence-corrected chi connectivity index (χ1v) is 11.5. The molecule has 1 aliphatic heterocycles. The van der Waals surface area contributed by atoms with Crippen LogP contribution in [0.25, 0.3) is 0 Å². The van der Waals surface area contributed by atoms with E-state index in [0.29, 0.717) is 30.8 Å². The smallest absolute Gasteiger partial charge is 0.340 e. The summed E-state index contributed by atoms with van der Waals surface area (Å²) in [4.78, 5) is 25.2. The number of hydrogen-bond donors (Lipinski definition) is 1. The van der Waals surface area contributed by atoms with Crippen LogP contribution < -0.4 is 10.1 Å². The molecule has 1 heterocycles. The molecule has 1 N–H and O–H groups in total. The predicted molar refractivity (Wildman–Crippen MR) is 116 cm³/mol. The first-order chi connectivity index (χ1) is 14.9. The van der Waals surface area contributed by atoms with E-state index >= 15 is 0 Å². The summed E-state index contributed by atoms with van der Waals surface area (Å²) in [5, 5.41) is 2.77. The predicted octanol–water partition coefficient (Wildman–Crippen LogP) is 2.91. The molecule has 0 saturated carbocycles. The highest BCUT2D eigenvalue weighted by molar-refractivity contribution is 7.89. The number of anilines is 1. The Bertz CT molecular complexity index is 1040. The SMILES string of the molecule is CCOC(=O)c1ccccc1NC(=O)[C@@H]1CCCN(S(=O)(=O)c2ccc(OC)cc2)C1. The Morgan fingerprint density at radius 1 is 1.13 bits per heavy atom. The van der Waals surface area contributed by atoms with Gasteiger partial charge in [0.2, 0.25) is 15.9 Å². The summed E-state index contributed by atoms with van der Waals surface area (Å²) in [6, 6.07) is 12.8. The number of piperidine rings is 1. The molecule has 1 fully saturated rings. The first-order valence-electron chi connectivity index (χ1n) is 10.1. The number of para-hydroxylation sites is 1. The van der Waals surface area contributed by atoms with E-state index in [9.17, 15) is 18.0 Å². The number of amides is 1. The molecule has 166 valence electrons. The van der Waals surface area contributed by atoms with Crippen molar-refractivity contribution in [1.29, 1.82) is 0 Å². The molecular formula is C22H26N2O6S. The minimum absolute atomic E-state index is 0.0712. The van der Waals surface area contributed by atoms with Crippen LogP contribution in [-0.2, 0) is 19.6 Å². The van der Waals surface area contributed by atoms with Crippen molar-refractivity contribution in [3.8, 4) is 5.75 Å². The van der Waals surface area contributed by atoms with E-state index in [4.69, 9.17) is 9.47 Å². The maximum Gasteiger partial charge on any atom is 0.340 e. The normalized spacial score (nSPS) is 17.0. The number of carbonyl (C=O) groups is 2. The summed E-state index contributed by atoms with van der Waals surface area (Å²) in [6.07, 6.45) is 1.12. The highest BCUT2D eigenvalue weighted by Crippen LogP contribution is 2.26.